The fourth-order valence-corrected chi connectivity index (χ4v) is 4.32. The Balaban J connectivity index is 2.02. The maximum Gasteiger partial charge on any atom is 0.165 e. The van der Waals surface area contributed by atoms with Gasteiger partial charge in [-0.1, -0.05) is 49.7 Å². The molecule has 0 unspecified atom stereocenters. The standard InChI is InChI=1S/C25H27NO/c1-16-6-8-19(9-7-16)22-13-21-23(14-25(4,5)15-24(21)27)26(22)20-11-17(2)10-18(3)12-20/h6-13H,14-15H2,1-5H3. The Morgan fingerprint density at radius 3 is 2.07 bits per heavy atom. The summed E-state index contributed by atoms with van der Waals surface area (Å²) >= 11 is 0. The van der Waals surface area contributed by atoms with Crippen LogP contribution in [0, 0.1) is 26.2 Å². The lowest BCUT2D eigenvalue weighted by Gasteiger charge is -2.30. The van der Waals surface area contributed by atoms with Crippen molar-refractivity contribution in [2.75, 3.05) is 0 Å². The number of carbonyl (C=O) groups excluding carboxylic acids is 1. The van der Waals surface area contributed by atoms with Gasteiger partial charge >= 0.3 is 0 Å². The van der Waals surface area contributed by atoms with Crippen molar-refractivity contribution in [3.63, 3.8) is 0 Å². The summed E-state index contributed by atoms with van der Waals surface area (Å²) in [5.41, 5.74) is 9.16. The van der Waals surface area contributed by atoms with Crippen LogP contribution in [0.3, 0.4) is 0 Å². The first kappa shape index (κ1) is 17.8. The van der Waals surface area contributed by atoms with Crippen LogP contribution >= 0.6 is 0 Å². The van der Waals surface area contributed by atoms with E-state index in [9.17, 15) is 4.79 Å². The van der Waals surface area contributed by atoms with E-state index in [2.05, 4.69) is 87.7 Å². The maximum atomic E-state index is 12.9. The third-order valence-electron chi connectivity index (χ3n) is 5.50. The molecule has 0 bridgehead atoms. The minimum absolute atomic E-state index is 0.0103. The normalized spacial score (nSPS) is 15.7. The van der Waals surface area contributed by atoms with Crippen molar-refractivity contribution >= 4 is 5.78 Å². The van der Waals surface area contributed by atoms with Crippen molar-refractivity contribution in [2.24, 2.45) is 5.41 Å². The molecule has 0 spiro atoms. The van der Waals surface area contributed by atoms with Gasteiger partial charge < -0.3 is 4.57 Å². The van der Waals surface area contributed by atoms with Crippen LogP contribution in [0.5, 0.6) is 0 Å². The monoisotopic (exact) mass is 357 g/mol. The van der Waals surface area contributed by atoms with Crippen LogP contribution in [0.4, 0.5) is 0 Å². The summed E-state index contributed by atoms with van der Waals surface area (Å²) in [6, 6.07) is 17.3. The van der Waals surface area contributed by atoms with Crippen LogP contribution in [0.25, 0.3) is 16.9 Å². The summed E-state index contributed by atoms with van der Waals surface area (Å²) in [5.74, 6) is 0.262. The van der Waals surface area contributed by atoms with E-state index < -0.39 is 0 Å². The fourth-order valence-electron chi connectivity index (χ4n) is 4.32. The van der Waals surface area contributed by atoms with Crippen molar-refractivity contribution in [1.29, 1.82) is 0 Å². The molecule has 3 aromatic rings. The molecule has 0 atom stereocenters. The van der Waals surface area contributed by atoms with Crippen LogP contribution in [-0.2, 0) is 6.42 Å². The highest BCUT2D eigenvalue weighted by atomic mass is 16.1. The molecule has 1 aliphatic carbocycles. The summed E-state index contributed by atoms with van der Waals surface area (Å²) in [5, 5.41) is 0. The molecule has 0 radical (unpaired) electrons. The van der Waals surface area contributed by atoms with Crippen LogP contribution in [0.15, 0.2) is 48.5 Å². The molecule has 2 heteroatoms. The van der Waals surface area contributed by atoms with E-state index in [-0.39, 0.29) is 11.2 Å². The summed E-state index contributed by atoms with van der Waals surface area (Å²) in [4.78, 5) is 12.9. The molecule has 0 aliphatic heterocycles. The van der Waals surface area contributed by atoms with Crippen LogP contribution in [0.1, 0.15) is 53.0 Å². The van der Waals surface area contributed by atoms with Gasteiger partial charge in [0.2, 0.25) is 0 Å². The quantitative estimate of drug-likeness (QED) is 0.533. The second-order valence-electron chi connectivity index (χ2n) is 8.88. The van der Waals surface area contributed by atoms with Gasteiger partial charge in [0.15, 0.2) is 5.78 Å². The first-order chi connectivity index (χ1) is 12.7. The largest absolute Gasteiger partial charge is 0.313 e. The van der Waals surface area contributed by atoms with Crippen molar-refractivity contribution in [1.82, 2.24) is 4.57 Å². The molecule has 27 heavy (non-hydrogen) atoms. The van der Waals surface area contributed by atoms with E-state index >= 15 is 0 Å². The van der Waals surface area contributed by atoms with Crippen LogP contribution < -0.4 is 0 Å². The molecular weight excluding hydrogens is 330 g/mol. The van der Waals surface area contributed by atoms with E-state index in [0.717, 1.165) is 34.6 Å². The molecule has 0 saturated heterocycles. The number of nitrogens with zero attached hydrogens (tertiary/aromatic N) is 1. The van der Waals surface area contributed by atoms with Crippen molar-refractivity contribution in [2.45, 2.75) is 47.5 Å². The van der Waals surface area contributed by atoms with E-state index in [1.54, 1.807) is 0 Å². The zero-order valence-corrected chi connectivity index (χ0v) is 16.9. The first-order valence-electron chi connectivity index (χ1n) is 9.67. The van der Waals surface area contributed by atoms with Gasteiger partial charge in [0, 0.05) is 23.4 Å². The molecule has 4 rings (SSSR count). The molecular formula is C25H27NO. The van der Waals surface area contributed by atoms with Crippen molar-refractivity contribution in [3.8, 4) is 16.9 Å². The molecule has 138 valence electrons. The predicted octanol–water partition coefficient (Wildman–Crippen LogP) is 6.22. The lowest BCUT2D eigenvalue weighted by atomic mass is 9.76. The number of benzene rings is 2. The number of aromatic nitrogens is 1. The molecule has 1 aromatic heterocycles. The lowest BCUT2D eigenvalue weighted by Crippen LogP contribution is -2.27. The Morgan fingerprint density at radius 1 is 0.815 bits per heavy atom. The van der Waals surface area contributed by atoms with Crippen molar-refractivity contribution in [3.05, 3.63) is 76.5 Å². The third kappa shape index (κ3) is 3.25. The van der Waals surface area contributed by atoms with Gasteiger partial charge in [-0.15, -0.1) is 0 Å². The molecule has 2 aromatic carbocycles. The van der Waals surface area contributed by atoms with E-state index in [1.165, 1.54) is 16.7 Å². The number of ketones is 1. The Labute approximate surface area is 161 Å². The highest BCUT2D eigenvalue weighted by Crippen LogP contribution is 2.40. The van der Waals surface area contributed by atoms with Crippen LogP contribution in [-0.4, -0.2) is 10.4 Å². The molecule has 1 heterocycles. The van der Waals surface area contributed by atoms with Gasteiger partial charge in [0.1, 0.15) is 0 Å². The highest BCUT2D eigenvalue weighted by Gasteiger charge is 2.35. The lowest BCUT2D eigenvalue weighted by molar-refractivity contribution is 0.0911. The maximum absolute atomic E-state index is 12.9. The number of Topliss-reactive ketones (excluding diaryl/α,β-unsaturated/α-hetero) is 1. The second-order valence-corrected chi connectivity index (χ2v) is 8.88. The molecule has 1 aliphatic rings. The minimum Gasteiger partial charge on any atom is -0.313 e. The smallest absolute Gasteiger partial charge is 0.165 e. The average molecular weight is 357 g/mol. The molecule has 0 fully saturated rings. The number of rotatable bonds is 2. The SMILES string of the molecule is Cc1ccc(-c2cc3c(n2-c2cc(C)cc(C)c2)CC(C)(C)CC3=O)cc1. The Kier molecular flexibility index (Phi) is 4.10. The predicted molar refractivity (Wildman–Crippen MR) is 112 cm³/mol. The molecule has 0 saturated carbocycles. The zero-order valence-electron chi connectivity index (χ0n) is 16.9. The average Bonchev–Trinajstić information content (AvgIpc) is 2.93. The van der Waals surface area contributed by atoms with Gasteiger partial charge in [-0.25, -0.2) is 0 Å². The van der Waals surface area contributed by atoms with E-state index in [1.807, 2.05) is 0 Å². The molecule has 2 nitrogen and oxygen atoms in total. The Morgan fingerprint density at radius 2 is 1.44 bits per heavy atom. The number of hydrogen-bond acceptors (Lipinski definition) is 1. The van der Waals surface area contributed by atoms with Gasteiger partial charge in [0.05, 0.1) is 5.69 Å². The summed E-state index contributed by atoms with van der Waals surface area (Å²) in [6.07, 6.45) is 1.52. The number of hydrogen-bond donors (Lipinski definition) is 0. The van der Waals surface area contributed by atoms with Gasteiger partial charge in [-0.05, 0) is 67.5 Å². The van der Waals surface area contributed by atoms with Gasteiger partial charge in [-0.2, -0.15) is 0 Å². The summed E-state index contributed by atoms with van der Waals surface area (Å²) in [7, 11) is 0. The van der Waals surface area contributed by atoms with E-state index in [4.69, 9.17) is 0 Å². The van der Waals surface area contributed by atoms with E-state index in [0.29, 0.717) is 6.42 Å². The zero-order chi connectivity index (χ0) is 19.3. The number of carbonyl (C=O) groups is 1. The number of aryl methyl sites for hydroxylation is 3. The van der Waals surface area contributed by atoms with Gasteiger partial charge in [0.25, 0.3) is 0 Å². The summed E-state index contributed by atoms with van der Waals surface area (Å²) in [6.45, 7) is 10.8. The number of fused-ring (bicyclic) bond motifs is 1. The highest BCUT2D eigenvalue weighted by molar-refractivity contribution is 6.00. The Bertz CT molecular complexity index is 1010. The topological polar surface area (TPSA) is 22.0 Å². The molecule has 0 amide bonds. The molecule has 0 N–H and O–H groups in total. The third-order valence-corrected chi connectivity index (χ3v) is 5.50. The van der Waals surface area contributed by atoms with Crippen LogP contribution in [0.2, 0.25) is 0 Å². The van der Waals surface area contributed by atoms with Gasteiger partial charge in [-0.3, -0.25) is 4.79 Å². The fraction of sp³-hybridized carbons (Fsp3) is 0.320. The first-order valence-corrected chi connectivity index (χ1v) is 9.67. The summed E-state index contributed by atoms with van der Waals surface area (Å²) < 4.78 is 2.32. The Hall–Kier alpha value is -2.61. The second kappa shape index (κ2) is 6.23. The van der Waals surface area contributed by atoms with Crippen molar-refractivity contribution < 1.29 is 4.79 Å². The minimum atomic E-state index is -0.0103.